The van der Waals surface area contributed by atoms with Crippen molar-refractivity contribution in [3.05, 3.63) is 66.5 Å². The molecule has 0 radical (unpaired) electrons. The van der Waals surface area contributed by atoms with Crippen LogP contribution >= 0.6 is 0 Å². The van der Waals surface area contributed by atoms with Crippen LogP contribution in [0.3, 0.4) is 0 Å². The predicted octanol–water partition coefficient (Wildman–Crippen LogP) is 3.30. The Bertz CT molecular complexity index is 474. The lowest BCUT2D eigenvalue weighted by Crippen LogP contribution is -2.34. The summed E-state index contributed by atoms with van der Waals surface area (Å²) in [5.41, 5.74) is 3.81. The minimum Gasteiger partial charge on any atom is -0.294 e. The van der Waals surface area contributed by atoms with Crippen LogP contribution in [0.4, 0.5) is 0 Å². The number of nitrogens with zero attached hydrogens (tertiary/aromatic N) is 2. The molecular weight excluding hydrogens is 220 g/mol. The van der Waals surface area contributed by atoms with Gasteiger partial charge in [0, 0.05) is 37.4 Å². The van der Waals surface area contributed by atoms with Crippen LogP contribution in [0.2, 0.25) is 0 Å². The number of aromatic nitrogens is 1. The summed E-state index contributed by atoms with van der Waals surface area (Å²) in [5.74, 6) is 0.491. The second-order valence-electron chi connectivity index (χ2n) is 4.80. The molecule has 0 N–H and O–H groups in total. The summed E-state index contributed by atoms with van der Waals surface area (Å²) < 4.78 is 0. The Hall–Kier alpha value is -1.67. The number of pyridine rings is 1. The quantitative estimate of drug-likeness (QED) is 0.751. The summed E-state index contributed by atoms with van der Waals surface area (Å²) >= 11 is 0. The molecule has 0 saturated carbocycles. The zero-order valence-corrected chi connectivity index (χ0v) is 11.0. The minimum absolute atomic E-state index is 0.491. The SMILES string of the molecule is C=C/C=C(\C=C)CN1Cc2cccnc2C(C)C1. The zero-order chi connectivity index (χ0) is 13.0. The summed E-state index contributed by atoms with van der Waals surface area (Å²) in [5, 5.41) is 0. The fraction of sp³-hybridized carbons (Fsp3) is 0.312. The van der Waals surface area contributed by atoms with Gasteiger partial charge in [-0.2, -0.15) is 0 Å². The van der Waals surface area contributed by atoms with E-state index in [2.05, 4.69) is 36.0 Å². The molecular formula is C16H20N2. The summed E-state index contributed by atoms with van der Waals surface area (Å²) in [6, 6.07) is 4.19. The van der Waals surface area contributed by atoms with Crippen molar-refractivity contribution in [2.75, 3.05) is 13.1 Å². The van der Waals surface area contributed by atoms with Gasteiger partial charge in [-0.1, -0.05) is 44.4 Å². The molecule has 1 unspecified atom stereocenters. The van der Waals surface area contributed by atoms with Gasteiger partial charge >= 0.3 is 0 Å². The van der Waals surface area contributed by atoms with Gasteiger partial charge in [0.05, 0.1) is 0 Å². The highest BCUT2D eigenvalue weighted by atomic mass is 15.1. The molecule has 2 heteroatoms. The lowest BCUT2D eigenvalue weighted by Gasteiger charge is -2.32. The Balaban J connectivity index is 2.13. The monoisotopic (exact) mass is 240 g/mol. The van der Waals surface area contributed by atoms with Gasteiger partial charge < -0.3 is 0 Å². The van der Waals surface area contributed by atoms with Crippen molar-refractivity contribution in [1.82, 2.24) is 9.88 Å². The Kier molecular flexibility index (Phi) is 4.11. The van der Waals surface area contributed by atoms with Gasteiger partial charge in [-0.15, -0.1) is 0 Å². The lowest BCUT2D eigenvalue weighted by atomic mass is 9.96. The first-order valence-electron chi connectivity index (χ1n) is 6.34. The average molecular weight is 240 g/mol. The Morgan fingerprint density at radius 3 is 3.11 bits per heavy atom. The van der Waals surface area contributed by atoms with Crippen molar-refractivity contribution < 1.29 is 0 Å². The smallest absolute Gasteiger partial charge is 0.0489 e. The molecule has 2 nitrogen and oxygen atoms in total. The van der Waals surface area contributed by atoms with Crippen LogP contribution in [0, 0.1) is 0 Å². The number of rotatable bonds is 4. The van der Waals surface area contributed by atoms with Crippen LogP contribution < -0.4 is 0 Å². The van der Waals surface area contributed by atoms with Gasteiger partial charge in [0.25, 0.3) is 0 Å². The molecule has 0 bridgehead atoms. The van der Waals surface area contributed by atoms with E-state index in [4.69, 9.17) is 0 Å². The maximum Gasteiger partial charge on any atom is 0.0489 e. The maximum absolute atomic E-state index is 4.49. The van der Waals surface area contributed by atoms with Gasteiger partial charge in [-0.25, -0.2) is 0 Å². The molecule has 0 fully saturated rings. The van der Waals surface area contributed by atoms with E-state index < -0.39 is 0 Å². The van der Waals surface area contributed by atoms with E-state index in [0.29, 0.717) is 5.92 Å². The first-order valence-corrected chi connectivity index (χ1v) is 6.34. The normalized spacial score (nSPS) is 20.3. The van der Waals surface area contributed by atoms with Crippen molar-refractivity contribution in [3.63, 3.8) is 0 Å². The van der Waals surface area contributed by atoms with Crippen molar-refractivity contribution in [2.24, 2.45) is 0 Å². The lowest BCUT2D eigenvalue weighted by molar-refractivity contribution is 0.253. The fourth-order valence-electron chi connectivity index (χ4n) is 2.52. The third-order valence-corrected chi connectivity index (χ3v) is 3.32. The molecule has 1 aliphatic heterocycles. The molecule has 0 saturated heterocycles. The van der Waals surface area contributed by atoms with Crippen LogP contribution in [-0.4, -0.2) is 23.0 Å². The second-order valence-corrected chi connectivity index (χ2v) is 4.80. The fourth-order valence-corrected chi connectivity index (χ4v) is 2.52. The van der Waals surface area contributed by atoms with Crippen molar-refractivity contribution in [2.45, 2.75) is 19.4 Å². The van der Waals surface area contributed by atoms with Gasteiger partial charge in [0.1, 0.15) is 0 Å². The van der Waals surface area contributed by atoms with Gasteiger partial charge in [-0.05, 0) is 17.2 Å². The van der Waals surface area contributed by atoms with Crippen LogP contribution in [-0.2, 0) is 6.54 Å². The third kappa shape index (κ3) is 2.77. The second kappa shape index (κ2) is 5.78. The van der Waals surface area contributed by atoms with E-state index in [0.717, 1.165) is 19.6 Å². The largest absolute Gasteiger partial charge is 0.294 e. The number of allylic oxidation sites excluding steroid dienone is 2. The number of hydrogen-bond donors (Lipinski definition) is 0. The molecule has 18 heavy (non-hydrogen) atoms. The summed E-state index contributed by atoms with van der Waals surface area (Å²) in [4.78, 5) is 6.93. The predicted molar refractivity (Wildman–Crippen MR) is 76.4 cm³/mol. The van der Waals surface area contributed by atoms with Crippen LogP contribution in [0.5, 0.6) is 0 Å². The first-order chi connectivity index (χ1) is 8.74. The third-order valence-electron chi connectivity index (χ3n) is 3.32. The van der Waals surface area contributed by atoms with E-state index in [9.17, 15) is 0 Å². The van der Waals surface area contributed by atoms with E-state index in [1.54, 1.807) is 0 Å². The first kappa shape index (κ1) is 12.8. The molecule has 94 valence electrons. The molecule has 1 atom stereocenters. The summed E-state index contributed by atoms with van der Waals surface area (Å²) in [6.45, 7) is 12.8. The standard InChI is InChI=1S/C16H20N2/c1-4-7-14(5-2)11-18-10-13(3)16-15(12-18)8-6-9-17-16/h4-9,13H,1-2,10-12H2,3H3/b14-7+. The number of fused-ring (bicyclic) bond motifs is 1. The van der Waals surface area contributed by atoms with Crippen molar-refractivity contribution in [3.8, 4) is 0 Å². The van der Waals surface area contributed by atoms with Gasteiger partial charge in [0.2, 0.25) is 0 Å². The Morgan fingerprint density at radius 2 is 2.39 bits per heavy atom. The summed E-state index contributed by atoms with van der Waals surface area (Å²) in [6.07, 6.45) is 7.64. The molecule has 1 aromatic heterocycles. The van der Waals surface area contributed by atoms with Crippen molar-refractivity contribution >= 4 is 0 Å². The maximum atomic E-state index is 4.49. The molecule has 0 aromatic carbocycles. The van der Waals surface area contributed by atoms with E-state index >= 15 is 0 Å². The molecule has 1 aromatic rings. The van der Waals surface area contributed by atoms with Gasteiger partial charge in [-0.3, -0.25) is 9.88 Å². The van der Waals surface area contributed by atoms with E-state index in [1.165, 1.54) is 16.8 Å². The van der Waals surface area contributed by atoms with Crippen LogP contribution in [0.15, 0.2) is 55.3 Å². The van der Waals surface area contributed by atoms with E-state index in [1.807, 2.05) is 30.5 Å². The highest BCUT2D eigenvalue weighted by Crippen LogP contribution is 2.26. The average Bonchev–Trinajstić information content (AvgIpc) is 2.38. The van der Waals surface area contributed by atoms with Crippen molar-refractivity contribution in [1.29, 1.82) is 0 Å². The Labute approximate surface area is 109 Å². The molecule has 0 aliphatic carbocycles. The molecule has 2 heterocycles. The molecule has 0 spiro atoms. The molecule has 1 aliphatic rings. The topological polar surface area (TPSA) is 16.1 Å². The van der Waals surface area contributed by atoms with Crippen LogP contribution in [0.25, 0.3) is 0 Å². The van der Waals surface area contributed by atoms with E-state index in [-0.39, 0.29) is 0 Å². The van der Waals surface area contributed by atoms with Crippen LogP contribution in [0.1, 0.15) is 24.1 Å². The highest BCUT2D eigenvalue weighted by molar-refractivity contribution is 5.28. The molecule has 2 rings (SSSR count). The summed E-state index contributed by atoms with van der Waals surface area (Å²) in [7, 11) is 0. The molecule has 0 amide bonds. The zero-order valence-electron chi connectivity index (χ0n) is 11.0. The van der Waals surface area contributed by atoms with Gasteiger partial charge in [0.15, 0.2) is 0 Å². The Morgan fingerprint density at radius 1 is 1.56 bits per heavy atom. The minimum atomic E-state index is 0.491. The number of hydrogen-bond acceptors (Lipinski definition) is 2. The highest BCUT2D eigenvalue weighted by Gasteiger charge is 2.22.